The minimum atomic E-state index is 1.33. The average molecular weight is 400 g/mol. The first-order chi connectivity index (χ1) is 15.9. The Bertz CT molecular complexity index is 2170. The van der Waals surface area contributed by atoms with Crippen molar-refractivity contribution < 1.29 is 0 Å². The highest BCUT2D eigenvalue weighted by atomic mass is 14.3. The van der Waals surface area contributed by atoms with Crippen LogP contribution >= 0.6 is 0 Å². The smallest absolute Gasteiger partial charge is 0.0000937 e. The Balaban J connectivity index is 1.87. The van der Waals surface area contributed by atoms with Crippen LogP contribution in [0.2, 0.25) is 0 Å². The summed E-state index contributed by atoms with van der Waals surface area (Å²) in [6, 6.07) is 36.5. The Labute approximate surface area is 183 Å². The van der Waals surface area contributed by atoms with Gasteiger partial charge in [-0.05, 0) is 86.2 Å². The summed E-state index contributed by atoms with van der Waals surface area (Å²) in [6.07, 6.45) is 0. The molecule has 0 saturated carbocycles. The fraction of sp³-hybridized carbons (Fsp3) is 0. The molecule has 32 heavy (non-hydrogen) atoms. The largest absolute Gasteiger partial charge is 0.0616 e. The molecule has 0 aliphatic carbocycles. The van der Waals surface area contributed by atoms with Crippen LogP contribution in [0.25, 0.3) is 86.2 Å². The van der Waals surface area contributed by atoms with Crippen LogP contribution in [0.1, 0.15) is 0 Å². The van der Waals surface area contributed by atoms with Gasteiger partial charge in [0.05, 0.1) is 0 Å². The van der Waals surface area contributed by atoms with Gasteiger partial charge in [0.25, 0.3) is 0 Å². The average Bonchev–Trinajstić information content (AvgIpc) is 2.86. The van der Waals surface area contributed by atoms with E-state index in [1.165, 1.54) is 86.2 Å². The summed E-state index contributed by atoms with van der Waals surface area (Å²) in [4.78, 5) is 0. The third kappa shape index (κ3) is 1.54. The van der Waals surface area contributed by atoms with Crippen LogP contribution in [0.15, 0.2) is 97.1 Å². The lowest BCUT2D eigenvalue weighted by atomic mass is 9.79. The summed E-state index contributed by atoms with van der Waals surface area (Å²) in [5.41, 5.74) is 0. The zero-order valence-corrected chi connectivity index (χ0v) is 17.2. The van der Waals surface area contributed by atoms with Crippen LogP contribution in [0.5, 0.6) is 0 Å². The van der Waals surface area contributed by atoms with Crippen LogP contribution in [-0.4, -0.2) is 0 Å². The second-order valence-corrected chi connectivity index (χ2v) is 9.24. The van der Waals surface area contributed by atoms with Crippen molar-refractivity contribution in [3.8, 4) is 0 Å². The van der Waals surface area contributed by atoms with Gasteiger partial charge in [-0.1, -0.05) is 97.1 Å². The lowest BCUT2D eigenvalue weighted by Crippen LogP contribution is -1.94. The van der Waals surface area contributed by atoms with E-state index >= 15 is 0 Å². The number of hydrogen-bond donors (Lipinski definition) is 0. The molecule has 0 fully saturated rings. The maximum atomic E-state index is 2.35. The molecule has 0 spiro atoms. The van der Waals surface area contributed by atoms with E-state index in [-0.39, 0.29) is 0 Å². The standard InChI is InChI=1S/C32H16/c1-2-8-21-20(7-1)23-15-13-18-5-3-9-22-24-16-14-19-12-11-17-6-4-10-25-27(17)28(19)31(24)32(29(21)25)30(23)26(18)22/h1-16H. The molecule has 0 N–H and O–H groups in total. The van der Waals surface area contributed by atoms with E-state index in [9.17, 15) is 0 Å². The summed E-state index contributed by atoms with van der Waals surface area (Å²) in [6.45, 7) is 0. The molecule has 0 nitrogen and oxygen atoms in total. The lowest BCUT2D eigenvalue weighted by molar-refractivity contribution is 1.80. The second kappa shape index (κ2) is 5.00. The molecule has 0 unspecified atom stereocenters. The predicted molar refractivity (Wildman–Crippen MR) is 140 cm³/mol. The summed E-state index contributed by atoms with van der Waals surface area (Å²) in [5, 5.41) is 22.1. The van der Waals surface area contributed by atoms with Gasteiger partial charge >= 0.3 is 0 Å². The molecule has 0 heterocycles. The van der Waals surface area contributed by atoms with Crippen molar-refractivity contribution in [2.75, 3.05) is 0 Å². The van der Waals surface area contributed by atoms with Crippen molar-refractivity contribution in [2.24, 2.45) is 0 Å². The normalized spacial score (nSPS) is 13.0. The first-order valence-corrected chi connectivity index (χ1v) is 11.3. The number of hydrogen-bond acceptors (Lipinski definition) is 0. The molecule has 0 aromatic heterocycles. The van der Waals surface area contributed by atoms with Crippen molar-refractivity contribution in [1.82, 2.24) is 0 Å². The van der Waals surface area contributed by atoms with Crippen molar-refractivity contribution in [3.05, 3.63) is 97.1 Å². The highest BCUT2D eigenvalue weighted by molar-refractivity contribution is 6.51. The van der Waals surface area contributed by atoms with E-state index in [4.69, 9.17) is 0 Å². The molecule has 144 valence electrons. The van der Waals surface area contributed by atoms with Crippen LogP contribution in [0, 0.1) is 0 Å². The van der Waals surface area contributed by atoms with Gasteiger partial charge in [-0.3, -0.25) is 0 Å². The fourth-order valence-electron chi connectivity index (χ4n) is 6.70. The summed E-state index contributed by atoms with van der Waals surface area (Å²) < 4.78 is 0. The summed E-state index contributed by atoms with van der Waals surface area (Å²) in [5.74, 6) is 0. The second-order valence-electron chi connectivity index (χ2n) is 9.24. The van der Waals surface area contributed by atoms with Gasteiger partial charge in [0, 0.05) is 0 Å². The van der Waals surface area contributed by atoms with Crippen molar-refractivity contribution in [2.45, 2.75) is 0 Å². The van der Waals surface area contributed by atoms with E-state index in [2.05, 4.69) is 97.1 Å². The van der Waals surface area contributed by atoms with E-state index in [1.54, 1.807) is 0 Å². The van der Waals surface area contributed by atoms with Crippen molar-refractivity contribution in [1.29, 1.82) is 0 Å². The zero-order valence-electron chi connectivity index (χ0n) is 17.2. The quantitative estimate of drug-likeness (QED) is 0.176. The van der Waals surface area contributed by atoms with Gasteiger partial charge in [-0.25, -0.2) is 0 Å². The number of benzene rings is 9. The van der Waals surface area contributed by atoms with Crippen molar-refractivity contribution >= 4 is 86.2 Å². The lowest BCUT2D eigenvalue weighted by Gasteiger charge is -2.23. The number of fused-ring (bicyclic) bond motifs is 5. The van der Waals surface area contributed by atoms with Gasteiger partial charge in [0.1, 0.15) is 0 Å². The van der Waals surface area contributed by atoms with Gasteiger partial charge in [0.15, 0.2) is 0 Å². The molecule has 0 amide bonds. The molecule has 0 atom stereocenters. The highest BCUT2D eigenvalue weighted by Crippen LogP contribution is 2.52. The van der Waals surface area contributed by atoms with Crippen LogP contribution < -0.4 is 0 Å². The SMILES string of the molecule is c1ccc2c(c1)c1ccc3cccc4c5ccc6ccc7cccc8c7c6c5c(c28)c1c34. The Morgan fingerprint density at radius 2 is 0.688 bits per heavy atom. The molecule has 0 aliphatic rings. The molecular weight excluding hydrogens is 384 g/mol. The fourth-order valence-corrected chi connectivity index (χ4v) is 6.70. The Morgan fingerprint density at radius 1 is 0.219 bits per heavy atom. The molecule has 9 aromatic rings. The van der Waals surface area contributed by atoms with Crippen molar-refractivity contribution in [3.63, 3.8) is 0 Å². The maximum Gasteiger partial charge on any atom is -0.0000937 e. The van der Waals surface area contributed by atoms with Crippen LogP contribution in [0.4, 0.5) is 0 Å². The molecule has 0 bridgehead atoms. The van der Waals surface area contributed by atoms with E-state index < -0.39 is 0 Å². The Morgan fingerprint density at radius 3 is 1.47 bits per heavy atom. The molecule has 0 radical (unpaired) electrons. The van der Waals surface area contributed by atoms with Gasteiger partial charge < -0.3 is 0 Å². The van der Waals surface area contributed by atoms with Gasteiger partial charge in [0.2, 0.25) is 0 Å². The third-order valence-corrected chi connectivity index (χ3v) is 7.87. The van der Waals surface area contributed by atoms with E-state index in [0.717, 1.165) is 0 Å². The van der Waals surface area contributed by atoms with E-state index in [1.807, 2.05) is 0 Å². The summed E-state index contributed by atoms with van der Waals surface area (Å²) in [7, 11) is 0. The van der Waals surface area contributed by atoms with Gasteiger partial charge in [-0.15, -0.1) is 0 Å². The molecule has 0 aliphatic heterocycles. The zero-order chi connectivity index (χ0) is 20.6. The first-order valence-electron chi connectivity index (χ1n) is 11.3. The van der Waals surface area contributed by atoms with Crippen LogP contribution in [0.3, 0.4) is 0 Å². The predicted octanol–water partition coefficient (Wildman–Crippen LogP) is 9.23. The van der Waals surface area contributed by atoms with E-state index in [0.29, 0.717) is 0 Å². The topological polar surface area (TPSA) is 0 Å². The molecule has 0 heteroatoms. The monoisotopic (exact) mass is 400 g/mol. The number of rotatable bonds is 0. The van der Waals surface area contributed by atoms with Gasteiger partial charge in [-0.2, -0.15) is 0 Å². The highest BCUT2D eigenvalue weighted by Gasteiger charge is 2.23. The summed E-state index contributed by atoms with van der Waals surface area (Å²) >= 11 is 0. The minimum Gasteiger partial charge on any atom is -0.0616 e. The molecule has 9 aromatic carbocycles. The third-order valence-electron chi connectivity index (χ3n) is 7.87. The maximum absolute atomic E-state index is 2.35. The molecule has 0 saturated heterocycles. The Hall–Kier alpha value is -4.16. The molecular formula is C32H16. The molecule has 9 rings (SSSR count). The first kappa shape index (κ1) is 15.6. The Kier molecular flexibility index (Phi) is 2.44. The minimum absolute atomic E-state index is 1.33. The van der Waals surface area contributed by atoms with Crippen LogP contribution in [-0.2, 0) is 0 Å².